The molecule has 120 valence electrons. The third-order valence-electron chi connectivity index (χ3n) is 4.24. The van der Waals surface area contributed by atoms with Gasteiger partial charge in [0, 0.05) is 13.1 Å². The number of benzene rings is 2. The summed E-state index contributed by atoms with van der Waals surface area (Å²) in [6, 6.07) is 17.0. The monoisotopic (exact) mass is 311 g/mol. The number of amides is 1. The Morgan fingerprint density at radius 3 is 2.39 bits per heavy atom. The number of aromatic hydroxyl groups is 1. The van der Waals surface area contributed by atoms with Crippen molar-refractivity contribution in [2.75, 3.05) is 26.3 Å². The van der Waals surface area contributed by atoms with E-state index >= 15 is 0 Å². The average molecular weight is 311 g/mol. The lowest BCUT2D eigenvalue weighted by atomic mass is 9.90. The Bertz CT molecular complexity index is 651. The number of morpholine rings is 1. The van der Waals surface area contributed by atoms with Gasteiger partial charge in [0.25, 0.3) is 0 Å². The summed E-state index contributed by atoms with van der Waals surface area (Å²) in [7, 11) is 0. The summed E-state index contributed by atoms with van der Waals surface area (Å²) >= 11 is 0. The van der Waals surface area contributed by atoms with E-state index in [0.29, 0.717) is 32.7 Å². The van der Waals surface area contributed by atoms with Crippen LogP contribution in [0.4, 0.5) is 0 Å². The smallest absolute Gasteiger partial charge is 0.230 e. The van der Waals surface area contributed by atoms with E-state index in [0.717, 1.165) is 11.1 Å². The first-order valence-electron chi connectivity index (χ1n) is 7.94. The summed E-state index contributed by atoms with van der Waals surface area (Å²) < 4.78 is 5.34. The zero-order valence-corrected chi connectivity index (χ0v) is 13.0. The molecule has 0 saturated carbocycles. The highest BCUT2D eigenvalue weighted by molar-refractivity contribution is 5.84. The van der Waals surface area contributed by atoms with E-state index in [1.54, 1.807) is 12.1 Å². The highest BCUT2D eigenvalue weighted by Gasteiger charge is 2.27. The maximum absolute atomic E-state index is 13.0. The molecular formula is C19H21NO3. The quantitative estimate of drug-likeness (QED) is 0.944. The second kappa shape index (κ2) is 7.29. The number of nitrogens with zero attached hydrogens (tertiary/aromatic N) is 1. The van der Waals surface area contributed by atoms with Crippen LogP contribution in [0, 0.1) is 0 Å². The summed E-state index contributed by atoms with van der Waals surface area (Å²) in [6.45, 7) is 2.43. The number of phenolic OH excluding ortho intramolecular Hbond substituents is 1. The van der Waals surface area contributed by atoms with Crippen LogP contribution in [-0.2, 0) is 16.0 Å². The summed E-state index contributed by atoms with van der Waals surface area (Å²) in [5.41, 5.74) is 1.77. The molecule has 1 fully saturated rings. The predicted octanol–water partition coefficient (Wildman–Crippen LogP) is 2.58. The second-order valence-corrected chi connectivity index (χ2v) is 5.73. The minimum atomic E-state index is -0.289. The first-order valence-corrected chi connectivity index (χ1v) is 7.94. The van der Waals surface area contributed by atoms with Crippen LogP contribution in [0.2, 0.25) is 0 Å². The Morgan fingerprint density at radius 2 is 1.70 bits per heavy atom. The molecule has 1 amide bonds. The Kier molecular flexibility index (Phi) is 4.93. The molecule has 4 heteroatoms. The zero-order valence-electron chi connectivity index (χ0n) is 13.0. The molecule has 1 unspecified atom stereocenters. The molecule has 0 spiro atoms. The molecule has 1 saturated heterocycles. The molecule has 0 aliphatic carbocycles. The van der Waals surface area contributed by atoms with Crippen LogP contribution in [0.3, 0.4) is 0 Å². The number of carbonyl (C=O) groups excluding carboxylic acids is 1. The fourth-order valence-electron chi connectivity index (χ4n) is 2.94. The van der Waals surface area contributed by atoms with Gasteiger partial charge in [0.05, 0.1) is 19.1 Å². The third kappa shape index (κ3) is 3.71. The lowest BCUT2D eigenvalue weighted by molar-refractivity contribution is -0.136. The first kappa shape index (κ1) is 15.6. The Labute approximate surface area is 136 Å². The van der Waals surface area contributed by atoms with Crippen molar-refractivity contribution in [1.29, 1.82) is 0 Å². The van der Waals surface area contributed by atoms with Gasteiger partial charge in [0.1, 0.15) is 5.75 Å². The lowest BCUT2D eigenvalue weighted by Crippen LogP contribution is -2.43. The van der Waals surface area contributed by atoms with Crippen LogP contribution in [0.1, 0.15) is 17.0 Å². The SMILES string of the molecule is O=C(C(Cc1ccccc1O)c1ccccc1)N1CCOCC1. The fraction of sp³-hybridized carbons (Fsp3) is 0.316. The molecule has 1 N–H and O–H groups in total. The van der Waals surface area contributed by atoms with E-state index in [4.69, 9.17) is 4.74 Å². The van der Waals surface area contributed by atoms with Gasteiger partial charge in [-0.25, -0.2) is 0 Å². The van der Waals surface area contributed by atoms with Crippen LogP contribution >= 0.6 is 0 Å². The molecule has 1 heterocycles. The molecule has 3 rings (SSSR count). The van der Waals surface area contributed by atoms with Crippen molar-refractivity contribution in [2.45, 2.75) is 12.3 Å². The molecule has 1 aliphatic heterocycles. The minimum Gasteiger partial charge on any atom is -0.508 e. The van der Waals surface area contributed by atoms with Crippen molar-refractivity contribution in [3.05, 3.63) is 65.7 Å². The molecule has 0 radical (unpaired) electrons. The molecule has 0 bridgehead atoms. The second-order valence-electron chi connectivity index (χ2n) is 5.73. The van der Waals surface area contributed by atoms with Crippen LogP contribution in [0.25, 0.3) is 0 Å². The fourth-order valence-corrected chi connectivity index (χ4v) is 2.94. The van der Waals surface area contributed by atoms with Gasteiger partial charge in [-0.1, -0.05) is 48.5 Å². The van der Waals surface area contributed by atoms with Crippen LogP contribution < -0.4 is 0 Å². The highest BCUT2D eigenvalue weighted by Crippen LogP contribution is 2.27. The first-order chi connectivity index (χ1) is 11.3. The largest absolute Gasteiger partial charge is 0.508 e. The maximum Gasteiger partial charge on any atom is 0.230 e. The van der Waals surface area contributed by atoms with Gasteiger partial charge in [0.2, 0.25) is 5.91 Å². The van der Waals surface area contributed by atoms with Crippen LogP contribution in [0.5, 0.6) is 5.75 Å². The Balaban J connectivity index is 1.87. The molecule has 2 aromatic carbocycles. The number of hydrogen-bond acceptors (Lipinski definition) is 3. The van der Waals surface area contributed by atoms with E-state index in [1.807, 2.05) is 47.4 Å². The van der Waals surface area contributed by atoms with Crippen molar-refractivity contribution >= 4 is 5.91 Å². The van der Waals surface area contributed by atoms with E-state index in [2.05, 4.69) is 0 Å². The number of hydrogen-bond donors (Lipinski definition) is 1. The number of rotatable bonds is 4. The predicted molar refractivity (Wildman–Crippen MR) is 88.4 cm³/mol. The van der Waals surface area contributed by atoms with Gasteiger partial charge in [0.15, 0.2) is 0 Å². The van der Waals surface area contributed by atoms with Crippen molar-refractivity contribution in [3.8, 4) is 5.75 Å². The Morgan fingerprint density at radius 1 is 1.04 bits per heavy atom. The summed E-state index contributed by atoms with van der Waals surface area (Å²) in [5, 5.41) is 10.1. The highest BCUT2D eigenvalue weighted by atomic mass is 16.5. The van der Waals surface area contributed by atoms with Crippen molar-refractivity contribution in [1.82, 2.24) is 4.90 Å². The van der Waals surface area contributed by atoms with E-state index < -0.39 is 0 Å². The van der Waals surface area contributed by atoms with Gasteiger partial charge in [-0.15, -0.1) is 0 Å². The van der Waals surface area contributed by atoms with Crippen molar-refractivity contribution in [2.24, 2.45) is 0 Å². The van der Waals surface area contributed by atoms with Crippen molar-refractivity contribution < 1.29 is 14.6 Å². The van der Waals surface area contributed by atoms with E-state index in [9.17, 15) is 9.90 Å². The summed E-state index contributed by atoms with van der Waals surface area (Å²) in [6.07, 6.45) is 0.493. The molecule has 23 heavy (non-hydrogen) atoms. The third-order valence-corrected chi connectivity index (χ3v) is 4.24. The molecule has 2 aromatic rings. The summed E-state index contributed by atoms with van der Waals surface area (Å²) in [5.74, 6) is 0.0496. The van der Waals surface area contributed by atoms with Crippen LogP contribution in [-0.4, -0.2) is 42.2 Å². The van der Waals surface area contributed by atoms with E-state index in [-0.39, 0.29) is 17.6 Å². The number of phenols is 1. The standard InChI is InChI=1S/C19H21NO3/c21-18-9-5-4-8-16(18)14-17(15-6-2-1-3-7-15)19(22)20-10-12-23-13-11-20/h1-9,17,21H,10-14H2. The number of para-hydroxylation sites is 1. The Hall–Kier alpha value is -2.33. The van der Waals surface area contributed by atoms with Gasteiger partial charge < -0.3 is 14.7 Å². The van der Waals surface area contributed by atoms with E-state index in [1.165, 1.54) is 0 Å². The van der Waals surface area contributed by atoms with Gasteiger partial charge in [-0.2, -0.15) is 0 Å². The molecule has 1 atom stereocenters. The van der Waals surface area contributed by atoms with Gasteiger partial charge in [-0.3, -0.25) is 4.79 Å². The normalized spacial score (nSPS) is 16.1. The van der Waals surface area contributed by atoms with Crippen molar-refractivity contribution in [3.63, 3.8) is 0 Å². The number of carbonyl (C=O) groups is 1. The summed E-state index contributed by atoms with van der Waals surface area (Å²) in [4.78, 5) is 14.9. The van der Waals surface area contributed by atoms with Gasteiger partial charge >= 0.3 is 0 Å². The zero-order chi connectivity index (χ0) is 16.1. The molecular weight excluding hydrogens is 290 g/mol. The lowest BCUT2D eigenvalue weighted by Gasteiger charge is -2.30. The topological polar surface area (TPSA) is 49.8 Å². The van der Waals surface area contributed by atoms with Gasteiger partial charge in [-0.05, 0) is 23.6 Å². The molecule has 1 aliphatic rings. The number of ether oxygens (including phenoxy) is 1. The molecule has 0 aromatic heterocycles. The molecule has 4 nitrogen and oxygen atoms in total. The average Bonchev–Trinajstić information content (AvgIpc) is 2.62. The maximum atomic E-state index is 13.0. The van der Waals surface area contributed by atoms with Crippen LogP contribution in [0.15, 0.2) is 54.6 Å². The minimum absolute atomic E-state index is 0.0998.